The van der Waals surface area contributed by atoms with Crippen LogP contribution in [0.15, 0.2) is 11.6 Å². The maximum atomic E-state index is 12.8. The van der Waals surface area contributed by atoms with Gasteiger partial charge in [-0.2, -0.15) is 0 Å². The van der Waals surface area contributed by atoms with E-state index >= 15 is 0 Å². The molecule has 0 aromatic carbocycles. The Bertz CT molecular complexity index is 565. The van der Waals surface area contributed by atoms with Crippen LogP contribution in [0.3, 0.4) is 0 Å². The molecule has 4 unspecified atom stereocenters. The summed E-state index contributed by atoms with van der Waals surface area (Å²) in [6.45, 7) is 13.4. The molecule has 0 N–H and O–H groups in total. The molecule has 0 aromatic heterocycles. The van der Waals surface area contributed by atoms with Crippen molar-refractivity contribution >= 4 is 11.8 Å². The topological polar surface area (TPSA) is 40.6 Å². The Balaban J connectivity index is 2.01. The van der Waals surface area contributed by atoms with Crippen molar-refractivity contribution in [3.63, 3.8) is 0 Å². The van der Waals surface area contributed by atoms with Crippen molar-refractivity contribution in [1.29, 1.82) is 0 Å². The third-order valence-corrected chi connectivity index (χ3v) is 6.51. The molecule has 0 radical (unpaired) electrons. The minimum atomic E-state index is 0.272. The standard InChI is InChI=1S/C24H42N2O2/c1-7-14-25(24(28)13-12-17(3)4)22-16-21(22)19-10-9-11-20(15-19)26(18(5)6)23(27)8-2/h12,18-22H,7-11,13-16H2,1-6H3. The fraction of sp³-hybridized carbons (Fsp3) is 0.833. The van der Waals surface area contributed by atoms with Crippen molar-refractivity contribution in [1.82, 2.24) is 9.80 Å². The molecule has 0 spiro atoms. The Morgan fingerprint density at radius 1 is 1.07 bits per heavy atom. The smallest absolute Gasteiger partial charge is 0.226 e. The Kier molecular flexibility index (Phi) is 8.57. The molecular weight excluding hydrogens is 348 g/mol. The van der Waals surface area contributed by atoms with Crippen LogP contribution in [0.2, 0.25) is 0 Å². The summed E-state index contributed by atoms with van der Waals surface area (Å²) in [5.41, 5.74) is 1.21. The molecule has 0 saturated heterocycles. The summed E-state index contributed by atoms with van der Waals surface area (Å²) in [6, 6.07) is 1.08. The highest BCUT2D eigenvalue weighted by Crippen LogP contribution is 2.48. The minimum absolute atomic E-state index is 0.272. The van der Waals surface area contributed by atoms with Crippen molar-refractivity contribution < 1.29 is 9.59 Å². The van der Waals surface area contributed by atoms with Gasteiger partial charge in [0.15, 0.2) is 0 Å². The predicted molar refractivity (Wildman–Crippen MR) is 116 cm³/mol. The molecule has 2 rings (SSSR count). The Morgan fingerprint density at radius 2 is 1.79 bits per heavy atom. The van der Waals surface area contributed by atoms with Crippen LogP contribution in [-0.2, 0) is 9.59 Å². The van der Waals surface area contributed by atoms with Gasteiger partial charge in [-0.3, -0.25) is 9.59 Å². The largest absolute Gasteiger partial charge is 0.339 e. The van der Waals surface area contributed by atoms with Crippen molar-refractivity contribution in [3.8, 4) is 0 Å². The van der Waals surface area contributed by atoms with Crippen LogP contribution in [0.25, 0.3) is 0 Å². The molecule has 28 heavy (non-hydrogen) atoms. The zero-order chi connectivity index (χ0) is 20.8. The number of amides is 2. The summed E-state index contributed by atoms with van der Waals surface area (Å²) >= 11 is 0. The summed E-state index contributed by atoms with van der Waals surface area (Å²) < 4.78 is 0. The van der Waals surface area contributed by atoms with E-state index in [2.05, 4.69) is 50.5 Å². The van der Waals surface area contributed by atoms with Crippen LogP contribution < -0.4 is 0 Å². The molecule has 4 nitrogen and oxygen atoms in total. The van der Waals surface area contributed by atoms with E-state index in [1.165, 1.54) is 18.4 Å². The number of rotatable bonds is 9. The van der Waals surface area contributed by atoms with Gasteiger partial charge < -0.3 is 9.80 Å². The predicted octanol–water partition coefficient (Wildman–Crippen LogP) is 5.18. The Labute approximate surface area is 172 Å². The summed E-state index contributed by atoms with van der Waals surface area (Å²) in [5.74, 6) is 1.87. The van der Waals surface area contributed by atoms with E-state index in [1.807, 2.05) is 6.92 Å². The number of hydrogen-bond donors (Lipinski definition) is 0. The molecule has 4 atom stereocenters. The van der Waals surface area contributed by atoms with Gasteiger partial charge in [-0.1, -0.05) is 31.9 Å². The lowest BCUT2D eigenvalue weighted by Gasteiger charge is -2.40. The van der Waals surface area contributed by atoms with Crippen LogP contribution in [-0.4, -0.2) is 46.3 Å². The van der Waals surface area contributed by atoms with E-state index in [4.69, 9.17) is 0 Å². The molecule has 2 fully saturated rings. The van der Waals surface area contributed by atoms with E-state index in [9.17, 15) is 9.59 Å². The molecule has 4 heteroatoms. The number of nitrogens with zero attached hydrogens (tertiary/aromatic N) is 2. The second-order valence-corrected chi connectivity index (χ2v) is 9.37. The first-order valence-corrected chi connectivity index (χ1v) is 11.5. The molecule has 2 aliphatic carbocycles. The van der Waals surface area contributed by atoms with Crippen molar-refractivity contribution in [2.75, 3.05) is 6.54 Å². The number of carbonyl (C=O) groups excluding carboxylic acids is 2. The third-order valence-electron chi connectivity index (χ3n) is 6.51. The van der Waals surface area contributed by atoms with Gasteiger partial charge in [0.1, 0.15) is 0 Å². The van der Waals surface area contributed by atoms with Crippen LogP contribution in [0.4, 0.5) is 0 Å². The highest BCUT2D eigenvalue weighted by atomic mass is 16.2. The average Bonchev–Trinajstić information content (AvgIpc) is 3.44. The summed E-state index contributed by atoms with van der Waals surface area (Å²) in [4.78, 5) is 29.6. The maximum Gasteiger partial charge on any atom is 0.226 e. The van der Waals surface area contributed by atoms with Crippen LogP contribution in [0.5, 0.6) is 0 Å². The zero-order valence-corrected chi connectivity index (χ0v) is 19.0. The van der Waals surface area contributed by atoms with E-state index < -0.39 is 0 Å². The van der Waals surface area contributed by atoms with Gasteiger partial charge in [0.05, 0.1) is 0 Å². The lowest BCUT2D eigenvalue weighted by molar-refractivity contribution is -0.136. The molecule has 2 amide bonds. The fourth-order valence-corrected chi connectivity index (χ4v) is 5.13. The number of hydrogen-bond acceptors (Lipinski definition) is 2. The van der Waals surface area contributed by atoms with E-state index in [0.717, 1.165) is 32.2 Å². The van der Waals surface area contributed by atoms with E-state index in [1.54, 1.807) is 0 Å². The zero-order valence-electron chi connectivity index (χ0n) is 19.0. The van der Waals surface area contributed by atoms with E-state index in [-0.39, 0.29) is 17.9 Å². The monoisotopic (exact) mass is 390 g/mol. The first-order valence-electron chi connectivity index (χ1n) is 11.5. The van der Waals surface area contributed by atoms with Crippen LogP contribution >= 0.6 is 0 Å². The summed E-state index contributed by atoms with van der Waals surface area (Å²) in [6.07, 6.45) is 10.1. The van der Waals surface area contributed by atoms with Gasteiger partial charge in [0, 0.05) is 37.5 Å². The molecule has 2 aliphatic rings. The highest BCUT2D eigenvalue weighted by Gasteiger charge is 2.49. The maximum absolute atomic E-state index is 12.8. The molecule has 0 aliphatic heterocycles. The Hall–Kier alpha value is -1.32. The lowest BCUT2D eigenvalue weighted by Crippen LogP contribution is -2.47. The van der Waals surface area contributed by atoms with Gasteiger partial charge in [0.25, 0.3) is 0 Å². The lowest BCUT2D eigenvalue weighted by atomic mass is 9.81. The molecule has 0 heterocycles. The van der Waals surface area contributed by atoms with Gasteiger partial charge in [-0.15, -0.1) is 0 Å². The minimum Gasteiger partial charge on any atom is -0.339 e. The first kappa shape index (κ1) is 23.0. The van der Waals surface area contributed by atoms with Gasteiger partial charge >= 0.3 is 0 Å². The van der Waals surface area contributed by atoms with E-state index in [0.29, 0.717) is 36.8 Å². The quantitative estimate of drug-likeness (QED) is 0.509. The average molecular weight is 391 g/mol. The van der Waals surface area contributed by atoms with Gasteiger partial charge in [-0.25, -0.2) is 0 Å². The fourth-order valence-electron chi connectivity index (χ4n) is 5.13. The third kappa shape index (κ3) is 5.84. The van der Waals surface area contributed by atoms with Crippen molar-refractivity contribution in [3.05, 3.63) is 11.6 Å². The SMILES string of the molecule is CCCN(C(=O)CC=C(C)C)C1CC1C1CCCC(N(C(=O)CC)C(C)C)C1. The highest BCUT2D eigenvalue weighted by molar-refractivity contribution is 5.78. The van der Waals surface area contributed by atoms with Gasteiger partial charge in [-0.05, 0) is 71.6 Å². The van der Waals surface area contributed by atoms with Gasteiger partial charge in [0.2, 0.25) is 11.8 Å². The second kappa shape index (κ2) is 10.5. The normalized spacial score (nSPS) is 26.7. The number of carbonyl (C=O) groups is 2. The Morgan fingerprint density at radius 3 is 2.36 bits per heavy atom. The molecule has 0 bridgehead atoms. The molecule has 160 valence electrons. The van der Waals surface area contributed by atoms with Crippen molar-refractivity contribution in [2.45, 2.75) is 111 Å². The summed E-state index contributed by atoms with van der Waals surface area (Å²) in [5, 5.41) is 0. The second-order valence-electron chi connectivity index (χ2n) is 9.37. The van der Waals surface area contributed by atoms with Crippen molar-refractivity contribution in [2.24, 2.45) is 11.8 Å². The van der Waals surface area contributed by atoms with Crippen LogP contribution in [0.1, 0.15) is 92.9 Å². The molecule has 2 saturated carbocycles. The molecular formula is C24H42N2O2. The summed E-state index contributed by atoms with van der Waals surface area (Å²) in [7, 11) is 0. The van der Waals surface area contributed by atoms with Crippen LogP contribution in [0, 0.1) is 11.8 Å². The molecule has 0 aromatic rings. The number of allylic oxidation sites excluding steroid dienone is 1. The first-order chi connectivity index (χ1) is 13.3.